The Morgan fingerprint density at radius 2 is 1.73 bits per heavy atom. The highest BCUT2D eigenvalue weighted by Gasteiger charge is 2.39. The lowest BCUT2D eigenvalue weighted by molar-refractivity contribution is 0.187. The summed E-state index contributed by atoms with van der Waals surface area (Å²) < 4.78 is 21.7. The zero-order valence-electron chi connectivity index (χ0n) is 6.92. The van der Waals surface area contributed by atoms with E-state index in [-0.39, 0.29) is 6.16 Å². The van der Waals surface area contributed by atoms with E-state index < -0.39 is 14.6 Å². The van der Waals surface area contributed by atoms with Crippen LogP contribution in [0.5, 0.6) is 0 Å². The standard InChI is InChI=1S/C6H15FO3P/c1-3-9-11(8,6-5-7)10-4-2/h8H,3-6H2,1-2H3/q+1. The zero-order valence-corrected chi connectivity index (χ0v) is 7.81. The van der Waals surface area contributed by atoms with Gasteiger partial charge in [0.05, 0.1) is 13.2 Å². The molecular weight excluding hydrogens is 170 g/mol. The summed E-state index contributed by atoms with van der Waals surface area (Å²) >= 11 is 0. The van der Waals surface area contributed by atoms with Crippen molar-refractivity contribution in [2.45, 2.75) is 13.8 Å². The Balaban J connectivity index is 3.79. The highest BCUT2D eigenvalue weighted by Crippen LogP contribution is 2.56. The fourth-order valence-electron chi connectivity index (χ4n) is 0.677. The van der Waals surface area contributed by atoms with Gasteiger partial charge in [-0.3, -0.25) is 0 Å². The number of hydrogen-bond donors (Lipinski definition) is 1. The summed E-state index contributed by atoms with van der Waals surface area (Å²) in [7, 11) is -2.84. The predicted octanol–water partition coefficient (Wildman–Crippen LogP) is 1.78. The van der Waals surface area contributed by atoms with Gasteiger partial charge >= 0.3 is 7.94 Å². The van der Waals surface area contributed by atoms with Gasteiger partial charge in [0.2, 0.25) is 0 Å². The molecule has 11 heavy (non-hydrogen) atoms. The minimum Gasteiger partial charge on any atom is -0.247 e. The van der Waals surface area contributed by atoms with Gasteiger partial charge in [-0.05, 0) is 13.8 Å². The molecular formula is C6H15FO3P+. The van der Waals surface area contributed by atoms with Crippen LogP contribution in [-0.2, 0) is 9.05 Å². The predicted molar refractivity (Wildman–Crippen MR) is 43.2 cm³/mol. The van der Waals surface area contributed by atoms with Crippen LogP contribution in [0.4, 0.5) is 4.39 Å². The number of alkyl halides is 1. The van der Waals surface area contributed by atoms with E-state index in [1.54, 1.807) is 13.8 Å². The highest BCUT2D eigenvalue weighted by molar-refractivity contribution is 7.60. The molecule has 0 fully saturated rings. The summed E-state index contributed by atoms with van der Waals surface area (Å²) in [6, 6.07) is 0. The van der Waals surface area contributed by atoms with Crippen molar-refractivity contribution in [2.75, 3.05) is 26.1 Å². The third-order valence-corrected chi connectivity index (χ3v) is 3.09. The van der Waals surface area contributed by atoms with Crippen molar-refractivity contribution in [3.63, 3.8) is 0 Å². The van der Waals surface area contributed by atoms with Gasteiger partial charge in [0.1, 0.15) is 6.67 Å². The first kappa shape index (κ1) is 11.2. The van der Waals surface area contributed by atoms with Crippen molar-refractivity contribution in [2.24, 2.45) is 0 Å². The summed E-state index contributed by atoms with van der Waals surface area (Å²) in [5.41, 5.74) is 0. The molecule has 0 unspecified atom stereocenters. The molecule has 0 aromatic heterocycles. The second-order valence-electron chi connectivity index (χ2n) is 1.89. The Morgan fingerprint density at radius 1 is 1.27 bits per heavy atom. The normalized spacial score (nSPS) is 12.0. The van der Waals surface area contributed by atoms with Crippen LogP contribution in [0, 0.1) is 0 Å². The molecule has 0 atom stereocenters. The van der Waals surface area contributed by atoms with Gasteiger partial charge in [-0.15, -0.1) is 0 Å². The molecule has 0 aromatic rings. The molecule has 0 aliphatic heterocycles. The molecule has 0 bridgehead atoms. The molecule has 0 saturated heterocycles. The molecule has 0 amide bonds. The van der Waals surface area contributed by atoms with E-state index in [0.717, 1.165) is 0 Å². The maximum absolute atomic E-state index is 11.8. The number of rotatable bonds is 6. The minimum absolute atomic E-state index is 0.0331. The molecule has 0 aliphatic rings. The quantitative estimate of drug-likeness (QED) is 0.641. The summed E-state index contributed by atoms with van der Waals surface area (Å²) in [6.07, 6.45) is -0.0331. The van der Waals surface area contributed by atoms with E-state index in [4.69, 9.17) is 9.05 Å². The lowest BCUT2D eigenvalue weighted by Crippen LogP contribution is -2.07. The molecule has 1 N–H and O–H groups in total. The van der Waals surface area contributed by atoms with Gasteiger partial charge in [0, 0.05) is 0 Å². The Bertz CT molecular complexity index is 84.8. The molecule has 0 aromatic carbocycles. The van der Waals surface area contributed by atoms with Crippen LogP contribution in [0.25, 0.3) is 0 Å². The van der Waals surface area contributed by atoms with E-state index in [9.17, 15) is 9.28 Å². The average molecular weight is 185 g/mol. The van der Waals surface area contributed by atoms with E-state index in [0.29, 0.717) is 13.2 Å². The van der Waals surface area contributed by atoms with Gasteiger partial charge in [-0.1, -0.05) is 0 Å². The van der Waals surface area contributed by atoms with Crippen molar-refractivity contribution in [1.82, 2.24) is 0 Å². The van der Waals surface area contributed by atoms with Crippen molar-refractivity contribution in [3.8, 4) is 0 Å². The van der Waals surface area contributed by atoms with Gasteiger partial charge in [0.25, 0.3) is 0 Å². The zero-order chi connectivity index (χ0) is 8.74. The molecule has 0 heterocycles. The number of halogens is 1. The molecule has 0 aliphatic carbocycles. The Labute approximate surface area is 67.1 Å². The van der Waals surface area contributed by atoms with E-state index in [1.165, 1.54) is 0 Å². The molecule has 0 saturated carbocycles. The van der Waals surface area contributed by atoms with Crippen LogP contribution in [0.3, 0.4) is 0 Å². The van der Waals surface area contributed by atoms with E-state index >= 15 is 0 Å². The fraction of sp³-hybridized carbons (Fsp3) is 1.00. The monoisotopic (exact) mass is 185 g/mol. The third-order valence-electron chi connectivity index (χ3n) is 1.03. The largest absolute Gasteiger partial charge is 0.411 e. The maximum atomic E-state index is 11.8. The molecule has 0 rings (SSSR count). The molecule has 3 nitrogen and oxygen atoms in total. The molecule has 0 radical (unpaired) electrons. The van der Waals surface area contributed by atoms with E-state index in [1.807, 2.05) is 0 Å². The minimum atomic E-state index is -2.84. The van der Waals surface area contributed by atoms with Gasteiger partial charge in [-0.2, -0.15) is 13.9 Å². The van der Waals surface area contributed by atoms with Gasteiger partial charge in [-0.25, -0.2) is 4.39 Å². The van der Waals surface area contributed by atoms with Crippen LogP contribution in [0.15, 0.2) is 0 Å². The van der Waals surface area contributed by atoms with Crippen LogP contribution in [0.1, 0.15) is 13.8 Å². The van der Waals surface area contributed by atoms with Crippen molar-refractivity contribution in [3.05, 3.63) is 0 Å². The second kappa shape index (κ2) is 5.84. The lowest BCUT2D eigenvalue weighted by Gasteiger charge is -2.13. The van der Waals surface area contributed by atoms with Crippen LogP contribution in [0.2, 0.25) is 0 Å². The molecule has 0 spiro atoms. The molecule has 68 valence electrons. The summed E-state index contributed by atoms with van der Waals surface area (Å²) in [4.78, 5) is 9.44. The van der Waals surface area contributed by atoms with Gasteiger partial charge < -0.3 is 0 Å². The van der Waals surface area contributed by atoms with Crippen LogP contribution in [-0.4, -0.2) is 30.9 Å². The topological polar surface area (TPSA) is 38.7 Å². The highest BCUT2D eigenvalue weighted by atomic mass is 31.2. The van der Waals surface area contributed by atoms with Crippen molar-refractivity contribution < 1.29 is 18.3 Å². The SMILES string of the molecule is CCO[P+](O)(CCF)OCC. The summed E-state index contributed by atoms with van der Waals surface area (Å²) in [5, 5.41) is 0. The Morgan fingerprint density at radius 3 is 2.00 bits per heavy atom. The number of hydrogen-bond acceptors (Lipinski definition) is 3. The molecule has 5 heteroatoms. The Hall–Kier alpha value is 0.240. The fourth-order valence-corrected chi connectivity index (χ4v) is 2.03. The van der Waals surface area contributed by atoms with Crippen molar-refractivity contribution in [1.29, 1.82) is 0 Å². The van der Waals surface area contributed by atoms with Crippen molar-refractivity contribution >= 4 is 7.94 Å². The first-order valence-corrected chi connectivity index (χ1v) is 5.40. The smallest absolute Gasteiger partial charge is 0.247 e. The van der Waals surface area contributed by atoms with Gasteiger partial charge in [0.15, 0.2) is 6.16 Å². The first-order valence-electron chi connectivity index (χ1n) is 3.64. The second-order valence-corrected chi connectivity index (χ2v) is 4.12. The average Bonchev–Trinajstić information content (AvgIpc) is 1.88. The lowest BCUT2D eigenvalue weighted by atomic mass is 10.9. The first-order chi connectivity index (χ1) is 5.18. The van der Waals surface area contributed by atoms with Crippen LogP contribution < -0.4 is 0 Å². The Kier molecular flexibility index (Phi) is 5.96. The van der Waals surface area contributed by atoms with Crippen LogP contribution >= 0.6 is 7.94 Å². The third kappa shape index (κ3) is 4.64. The van der Waals surface area contributed by atoms with E-state index in [2.05, 4.69) is 0 Å². The summed E-state index contributed by atoms with van der Waals surface area (Å²) in [6.45, 7) is 3.57. The summed E-state index contributed by atoms with van der Waals surface area (Å²) in [5.74, 6) is 0. The maximum Gasteiger partial charge on any atom is 0.411 e.